The van der Waals surface area contributed by atoms with Gasteiger partial charge in [-0.3, -0.25) is 0 Å². The molecule has 3 nitrogen and oxygen atoms in total. The summed E-state index contributed by atoms with van der Waals surface area (Å²) in [5, 5.41) is 23.0. The Kier molecular flexibility index (Phi) is 11.1. The molecule has 209 valence electrons. The van der Waals surface area contributed by atoms with Crippen LogP contribution in [0.3, 0.4) is 0 Å². The molecule has 38 heavy (non-hydrogen) atoms. The summed E-state index contributed by atoms with van der Waals surface area (Å²) in [4.78, 5) is 4.63. The van der Waals surface area contributed by atoms with Crippen molar-refractivity contribution in [3.8, 4) is 11.3 Å². The van der Waals surface area contributed by atoms with Gasteiger partial charge in [-0.2, -0.15) is 0 Å². The van der Waals surface area contributed by atoms with Gasteiger partial charge < -0.3 is 15.2 Å². The van der Waals surface area contributed by atoms with Gasteiger partial charge in [0.2, 0.25) is 0 Å². The molecule has 2 fully saturated rings. The SMILES string of the molecule is CCC(C)C1CC2CCCCC(O)C2C1O.Cc1[c-]c(-c2nccc3ccc(C(C)C)cc23)cc(C)c1.[Ir]. The molecule has 0 bridgehead atoms. The molecule has 2 aromatic carbocycles. The normalized spacial score (nSPS) is 25.7. The van der Waals surface area contributed by atoms with Crippen molar-refractivity contribution in [1.29, 1.82) is 0 Å². The van der Waals surface area contributed by atoms with Gasteiger partial charge in [0.05, 0.1) is 12.2 Å². The fourth-order valence-electron chi connectivity index (χ4n) is 6.67. The third kappa shape index (κ3) is 6.94. The fourth-order valence-corrected chi connectivity index (χ4v) is 6.67. The molecular formula is C34H46IrNO2-. The third-order valence-electron chi connectivity index (χ3n) is 8.96. The largest absolute Gasteiger partial charge is 0.393 e. The Morgan fingerprint density at radius 2 is 1.74 bits per heavy atom. The van der Waals surface area contributed by atoms with E-state index in [2.05, 4.69) is 89.0 Å². The molecule has 2 aliphatic carbocycles. The summed E-state index contributed by atoms with van der Waals surface area (Å²) in [6, 6.07) is 16.5. The standard InChI is InChI=1S/C20H20N.C14H26O2.Ir/c1-13(2)17-6-5-16-7-8-21-20(19(16)12-17)18-10-14(3)9-15(4)11-18;1-3-9(2)11-8-10-6-4-5-7-12(15)13(10)14(11)16;/h5-10,12-13H,1-4H3;9-16H,3-8H2,1-2H3;/q-1;;. The molecule has 2 N–H and O–H groups in total. The van der Waals surface area contributed by atoms with Crippen LogP contribution in [-0.4, -0.2) is 27.4 Å². The number of aromatic nitrogens is 1. The zero-order valence-electron chi connectivity index (χ0n) is 24.0. The van der Waals surface area contributed by atoms with Crippen LogP contribution in [0.5, 0.6) is 0 Å². The Morgan fingerprint density at radius 3 is 2.42 bits per heavy atom. The van der Waals surface area contributed by atoms with Gasteiger partial charge >= 0.3 is 0 Å². The van der Waals surface area contributed by atoms with Gasteiger partial charge in [0.15, 0.2) is 0 Å². The summed E-state index contributed by atoms with van der Waals surface area (Å²) >= 11 is 0. The average molecular weight is 693 g/mol. The van der Waals surface area contributed by atoms with Gasteiger partial charge in [-0.05, 0) is 71.0 Å². The Morgan fingerprint density at radius 1 is 1.00 bits per heavy atom. The van der Waals surface area contributed by atoms with Crippen LogP contribution in [0.1, 0.15) is 88.8 Å². The van der Waals surface area contributed by atoms with E-state index in [1.807, 2.05) is 6.20 Å². The molecule has 4 heteroatoms. The van der Waals surface area contributed by atoms with Gasteiger partial charge in [0.25, 0.3) is 0 Å². The van der Waals surface area contributed by atoms with Crippen LogP contribution in [0.25, 0.3) is 22.0 Å². The van der Waals surface area contributed by atoms with E-state index in [4.69, 9.17) is 0 Å². The fraction of sp³-hybridized carbons (Fsp3) is 0.559. The van der Waals surface area contributed by atoms with Crippen molar-refractivity contribution in [2.45, 2.75) is 98.2 Å². The minimum absolute atomic E-state index is 0. The predicted molar refractivity (Wildman–Crippen MR) is 155 cm³/mol. The summed E-state index contributed by atoms with van der Waals surface area (Å²) in [5.41, 5.74) is 5.87. The Balaban J connectivity index is 0.000000213. The maximum atomic E-state index is 10.4. The van der Waals surface area contributed by atoms with E-state index in [0.717, 1.165) is 42.5 Å². The van der Waals surface area contributed by atoms with Crippen molar-refractivity contribution in [2.24, 2.45) is 23.7 Å². The number of aliphatic hydroxyl groups excluding tert-OH is 2. The third-order valence-corrected chi connectivity index (χ3v) is 8.96. The second-order valence-corrected chi connectivity index (χ2v) is 12.0. The van der Waals surface area contributed by atoms with Crippen molar-refractivity contribution in [1.82, 2.24) is 4.98 Å². The zero-order valence-corrected chi connectivity index (χ0v) is 26.4. The van der Waals surface area contributed by atoms with Crippen LogP contribution in [0.2, 0.25) is 0 Å². The number of nitrogens with zero attached hydrogens (tertiary/aromatic N) is 1. The molecule has 1 aromatic heterocycles. The summed E-state index contributed by atoms with van der Waals surface area (Å²) < 4.78 is 0. The van der Waals surface area contributed by atoms with E-state index in [-0.39, 0.29) is 38.2 Å². The predicted octanol–water partition coefficient (Wildman–Crippen LogP) is 8.02. The van der Waals surface area contributed by atoms with E-state index >= 15 is 0 Å². The van der Waals surface area contributed by atoms with Gasteiger partial charge in [-0.15, -0.1) is 34.9 Å². The van der Waals surface area contributed by atoms with E-state index in [1.165, 1.54) is 34.7 Å². The average Bonchev–Trinajstić information content (AvgIpc) is 3.09. The quantitative estimate of drug-likeness (QED) is 0.273. The van der Waals surface area contributed by atoms with Crippen LogP contribution in [0, 0.1) is 43.6 Å². The smallest absolute Gasteiger partial charge is 0.0626 e. The van der Waals surface area contributed by atoms with E-state index in [1.54, 1.807) is 0 Å². The maximum Gasteiger partial charge on any atom is 0.0626 e. The van der Waals surface area contributed by atoms with Gasteiger partial charge in [0, 0.05) is 32.2 Å². The van der Waals surface area contributed by atoms with Crippen LogP contribution in [0.4, 0.5) is 0 Å². The van der Waals surface area contributed by atoms with Crippen LogP contribution >= 0.6 is 0 Å². The van der Waals surface area contributed by atoms with Crippen LogP contribution < -0.4 is 0 Å². The summed E-state index contributed by atoms with van der Waals surface area (Å²) in [6.45, 7) is 13.1. The number of hydrogen-bond acceptors (Lipinski definition) is 3. The molecule has 0 amide bonds. The van der Waals surface area contributed by atoms with Gasteiger partial charge in [-0.1, -0.05) is 79.0 Å². The molecule has 6 atom stereocenters. The number of aryl methyl sites for hydroxylation is 2. The van der Waals surface area contributed by atoms with Crippen LogP contribution in [0.15, 0.2) is 42.6 Å². The maximum absolute atomic E-state index is 10.4. The molecule has 5 rings (SSSR count). The first-order valence-corrected chi connectivity index (χ1v) is 14.4. The summed E-state index contributed by atoms with van der Waals surface area (Å²) in [7, 11) is 0. The van der Waals surface area contributed by atoms with Crippen molar-refractivity contribution >= 4 is 10.8 Å². The first-order valence-electron chi connectivity index (χ1n) is 14.4. The topological polar surface area (TPSA) is 53.4 Å². The molecular weight excluding hydrogens is 647 g/mol. The minimum atomic E-state index is -0.256. The molecule has 2 saturated carbocycles. The van der Waals surface area contributed by atoms with Crippen molar-refractivity contribution in [3.05, 3.63) is 65.4 Å². The molecule has 1 heterocycles. The summed E-state index contributed by atoms with van der Waals surface area (Å²) in [6.07, 6.45) is 8.13. The second kappa shape index (κ2) is 13.7. The first-order chi connectivity index (χ1) is 17.7. The first kappa shape index (κ1) is 31.0. The number of hydrogen-bond donors (Lipinski definition) is 2. The van der Waals surface area contributed by atoms with Crippen LogP contribution in [-0.2, 0) is 20.1 Å². The Bertz CT molecular complexity index is 1170. The number of benzene rings is 2. The Hall–Kier alpha value is -1.58. The molecule has 0 spiro atoms. The molecule has 6 unspecified atom stereocenters. The van der Waals surface area contributed by atoms with E-state index < -0.39 is 0 Å². The summed E-state index contributed by atoms with van der Waals surface area (Å²) in [5.74, 6) is 2.28. The van der Waals surface area contributed by atoms with Gasteiger partial charge in [0.1, 0.15) is 0 Å². The van der Waals surface area contributed by atoms with Crippen molar-refractivity contribution in [3.63, 3.8) is 0 Å². The molecule has 2 aliphatic rings. The molecule has 3 aromatic rings. The Labute approximate surface area is 243 Å². The van der Waals surface area contributed by atoms with Crippen molar-refractivity contribution in [2.75, 3.05) is 0 Å². The monoisotopic (exact) mass is 693 g/mol. The van der Waals surface area contributed by atoms with E-state index in [9.17, 15) is 10.2 Å². The minimum Gasteiger partial charge on any atom is -0.393 e. The number of fused-ring (bicyclic) bond motifs is 2. The molecule has 1 radical (unpaired) electrons. The number of pyridine rings is 1. The molecule has 0 aliphatic heterocycles. The zero-order chi connectivity index (χ0) is 26.7. The number of aliphatic hydroxyl groups is 2. The van der Waals surface area contributed by atoms with Gasteiger partial charge in [-0.25, -0.2) is 0 Å². The number of rotatable bonds is 4. The molecule has 0 saturated heterocycles. The second-order valence-electron chi connectivity index (χ2n) is 12.0. The van der Waals surface area contributed by atoms with E-state index in [0.29, 0.717) is 23.7 Å². The van der Waals surface area contributed by atoms with Crippen molar-refractivity contribution < 1.29 is 30.3 Å².